The summed E-state index contributed by atoms with van der Waals surface area (Å²) in [5.74, 6) is 0.575. The summed E-state index contributed by atoms with van der Waals surface area (Å²) in [5, 5.41) is 11.2. The molecule has 0 unspecified atom stereocenters. The number of carbonyl (C=O) groups is 1. The van der Waals surface area contributed by atoms with Gasteiger partial charge in [0.1, 0.15) is 5.52 Å². The van der Waals surface area contributed by atoms with Gasteiger partial charge in [0, 0.05) is 17.7 Å². The number of methoxy groups -OCH3 is 3. The fourth-order valence-electron chi connectivity index (χ4n) is 3.47. The molecule has 0 saturated heterocycles. The van der Waals surface area contributed by atoms with Crippen LogP contribution in [-0.4, -0.2) is 37.0 Å². The maximum atomic E-state index is 13.7. The third kappa shape index (κ3) is 4.31. The van der Waals surface area contributed by atoms with Crippen LogP contribution in [0.25, 0.3) is 22.7 Å². The summed E-state index contributed by atoms with van der Waals surface area (Å²) in [6.45, 7) is 0. The second kappa shape index (κ2) is 9.45. The molecule has 0 spiro atoms. The molecule has 172 valence electrons. The Morgan fingerprint density at radius 2 is 1.68 bits per heavy atom. The fourth-order valence-corrected chi connectivity index (χ4v) is 3.47. The topological polar surface area (TPSA) is 114 Å². The van der Waals surface area contributed by atoms with Gasteiger partial charge in [0.2, 0.25) is 11.6 Å². The predicted molar refractivity (Wildman–Crippen MR) is 125 cm³/mol. The molecule has 0 atom stereocenters. The number of carbonyl (C=O) groups excluding carboxylic acids is 1. The maximum Gasteiger partial charge on any atom is 0.270 e. The van der Waals surface area contributed by atoms with Crippen molar-refractivity contribution in [3.05, 3.63) is 87.8 Å². The Labute approximate surface area is 194 Å². The van der Waals surface area contributed by atoms with Gasteiger partial charge in [0.05, 0.1) is 31.8 Å². The summed E-state index contributed by atoms with van der Waals surface area (Å²) in [5.41, 5.74) is 1.73. The quantitative estimate of drug-likeness (QED) is 0.153. The van der Waals surface area contributed by atoms with Crippen LogP contribution in [0.2, 0.25) is 0 Å². The van der Waals surface area contributed by atoms with Gasteiger partial charge in [0.15, 0.2) is 22.9 Å². The molecule has 0 aliphatic carbocycles. The number of aromatic nitrogens is 1. The molecule has 0 N–H and O–H groups in total. The number of rotatable bonds is 8. The minimum atomic E-state index is -0.503. The maximum absolute atomic E-state index is 13.7. The average molecular weight is 460 g/mol. The Morgan fingerprint density at radius 3 is 2.29 bits per heavy atom. The molecule has 3 aromatic carbocycles. The minimum Gasteiger partial charge on any atom is -0.493 e. The first kappa shape index (κ1) is 22.5. The molecule has 34 heavy (non-hydrogen) atoms. The minimum absolute atomic E-state index is 0.0754. The fraction of sp³-hybridized carbons (Fsp3) is 0.120. The molecule has 0 amide bonds. The van der Waals surface area contributed by atoms with Crippen molar-refractivity contribution in [1.82, 2.24) is 4.98 Å². The highest BCUT2D eigenvalue weighted by Crippen LogP contribution is 2.39. The number of ether oxygens (including phenoxy) is 3. The standard InChI is InChI=1S/C25H20N2O7/c1-31-21-13-16(14-22(32-2)24(21)33-3)23(28)18(12-15-7-6-8-17(11-15)27(29)30)25-26-19-9-4-5-10-20(19)34-25/h4-14H,1-3H3. The smallest absolute Gasteiger partial charge is 0.270 e. The number of nitro benzene ring substituents is 1. The first-order valence-corrected chi connectivity index (χ1v) is 10.1. The molecule has 0 radical (unpaired) electrons. The van der Waals surface area contributed by atoms with Crippen LogP contribution in [0.15, 0.2) is 65.1 Å². The van der Waals surface area contributed by atoms with Crippen molar-refractivity contribution in [1.29, 1.82) is 0 Å². The van der Waals surface area contributed by atoms with E-state index in [1.54, 1.807) is 30.3 Å². The lowest BCUT2D eigenvalue weighted by Gasteiger charge is -2.14. The van der Waals surface area contributed by atoms with Gasteiger partial charge in [-0.15, -0.1) is 0 Å². The highest BCUT2D eigenvalue weighted by atomic mass is 16.6. The molecule has 1 aromatic heterocycles. The SMILES string of the molecule is COc1cc(C(=O)C(=Cc2cccc([N+](=O)[O-])c2)c2nc3ccccc3o2)cc(OC)c1OC. The normalized spacial score (nSPS) is 11.3. The van der Waals surface area contributed by atoms with E-state index in [1.807, 2.05) is 0 Å². The predicted octanol–water partition coefficient (Wildman–Crippen LogP) is 5.19. The summed E-state index contributed by atoms with van der Waals surface area (Å²) in [4.78, 5) is 28.9. The zero-order valence-electron chi connectivity index (χ0n) is 18.6. The number of hydrogen-bond acceptors (Lipinski definition) is 8. The van der Waals surface area contributed by atoms with Crippen LogP contribution < -0.4 is 14.2 Å². The number of fused-ring (bicyclic) bond motifs is 1. The monoisotopic (exact) mass is 460 g/mol. The molecular formula is C25H20N2O7. The average Bonchev–Trinajstić information content (AvgIpc) is 3.30. The van der Waals surface area contributed by atoms with Crippen molar-refractivity contribution >= 4 is 34.2 Å². The Morgan fingerprint density at radius 1 is 0.971 bits per heavy atom. The second-order valence-corrected chi connectivity index (χ2v) is 7.14. The molecular weight excluding hydrogens is 440 g/mol. The number of non-ortho nitro benzene ring substituents is 1. The number of nitro groups is 1. The number of Topliss-reactive ketones (excluding diaryl/α,β-unsaturated/α-hetero) is 1. The summed E-state index contributed by atoms with van der Waals surface area (Å²) >= 11 is 0. The van der Waals surface area contributed by atoms with Crippen LogP contribution in [0.3, 0.4) is 0 Å². The van der Waals surface area contributed by atoms with Gasteiger partial charge in [-0.25, -0.2) is 4.98 Å². The number of nitrogens with zero attached hydrogens (tertiary/aromatic N) is 2. The molecule has 9 nitrogen and oxygen atoms in total. The summed E-state index contributed by atoms with van der Waals surface area (Å²) in [7, 11) is 4.37. The number of hydrogen-bond donors (Lipinski definition) is 0. The van der Waals surface area contributed by atoms with Crippen LogP contribution in [0.5, 0.6) is 17.2 Å². The van der Waals surface area contributed by atoms with E-state index >= 15 is 0 Å². The molecule has 9 heteroatoms. The first-order chi connectivity index (χ1) is 16.4. The summed E-state index contributed by atoms with van der Waals surface area (Å²) in [6, 6.07) is 16.1. The molecule has 1 heterocycles. The molecule has 0 aliphatic rings. The van der Waals surface area contributed by atoms with E-state index in [0.717, 1.165) is 0 Å². The van der Waals surface area contributed by atoms with E-state index in [9.17, 15) is 14.9 Å². The highest BCUT2D eigenvalue weighted by molar-refractivity contribution is 6.32. The molecule has 0 bridgehead atoms. The van der Waals surface area contributed by atoms with E-state index in [2.05, 4.69) is 4.98 Å². The lowest BCUT2D eigenvalue weighted by molar-refractivity contribution is -0.384. The van der Waals surface area contributed by atoms with Crippen LogP contribution in [-0.2, 0) is 0 Å². The van der Waals surface area contributed by atoms with Crippen LogP contribution >= 0.6 is 0 Å². The van der Waals surface area contributed by atoms with Gasteiger partial charge in [-0.3, -0.25) is 14.9 Å². The number of ketones is 1. The van der Waals surface area contributed by atoms with E-state index in [4.69, 9.17) is 18.6 Å². The Bertz CT molecular complexity index is 1360. The summed E-state index contributed by atoms with van der Waals surface area (Å²) in [6.07, 6.45) is 1.50. The lowest BCUT2D eigenvalue weighted by Crippen LogP contribution is -2.06. The van der Waals surface area contributed by atoms with Crippen LogP contribution in [0.4, 0.5) is 5.69 Å². The number of para-hydroxylation sites is 2. The third-order valence-electron chi connectivity index (χ3n) is 5.09. The molecule has 0 fully saturated rings. The van der Waals surface area contributed by atoms with Gasteiger partial charge >= 0.3 is 0 Å². The van der Waals surface area contributed by atoms with E-state index in [1.165, 1.54) is 57.7 Å². The highest BCUT2D eigenvalue weighted by Gasteiger charge is 2.24. The Kier molecular flexibility index (Phi) is 6.26. The molecule has 4 aromatic rings. The van der Waals surface area contributed by atoms with Crippen molar-refractivity contribution in [3.63, 3.8) is 0 Å². The van der Waals surface area contributed by atoms with Crippen molar-refractivity contribution in [2.24, 2.45) is 0 Å². The van der Waals surface area contributed by atoms with Gasteiger partial charge in [-0.2, -0.15) is 0 Å². The zero-order valence-corrected chi connectivity index (χ0v) is 18.6. The molecule has 0 aliphatic heterocycles. The molecule has 4 rings (SSSR count). The third-order valence-corrected chi connectivity index (χ3v) is 5.09. The Balaban J connectivity index is 1.90. The number of oxazole rings is 1. The number of benzene rings is 3. The van der Waals surface area contributed by atoms with Crippen molar-refractivity contribution in [2.45, 2.75) is 0 Å². The van der Waals surface area contributed by atoms with Gasteiger partial charge in [0.25, 0.3) is 5.69 Å². The Hall–Kier alpha value is -4.66. The van der Waals surface area contributed by atoms with E-state index in [-0.39, 0.29) is 22.7 Å². The van der Waals surface area contributed by atoms with E-state index < -0.39 is 10.7 Å². The van der Waals surface area contributed by atoms with Crippen molar-refractivity contribution in [2.75, 3.05) is 21.3 Å². The largest absolute Gasteiger partial charge is 0.493 e. The zero-order chi connectivity index (χ0) is 24.2. The van der Waals surface area contributed by atoms with Gasteiger partial charge < -0.3 is 18.6 Å². The second-order valence-electron chi connectivity index (χ2n) is 7.14. The summed E-state index contributed by atoms with van der Waals surface area (Å²) < 4.78 is 21.9. The van der Waals surface area contributed by atoms with Crippen LogP contribution in [0.1, 0.15) is 21.8 Å². The lowest BCUT2D eigenvalue weighted by atomic mass is 9.99. The first-order valence-electron chi connectivity index (χ1n) is 10.1. The van der Waals surface area contributed by atoms with Gasteiger partial charge in [-0.05, 0) is 35.9 Å². The van der Waals surface area contributed by atoms with Crippen molar-refractivity contribution in [3.8, 4) is 17.2 Å². The molecule has 0 saturated carbocycles. The van der Waals surface area contributed by atoms with Crippen LogP contribution in [0, 0.1) is 10.1 Å². The van der Waals surface area contributed by atoms with E-state index in [0.29, 0.717) is 33.9 Å². The van der Waals surface area contributed by atoms with Gasteiger partial charge in [-0.1, -0.05) is 24.3 Å². The van der Waals surface area contributed by atoms with Crippen molar-refractivity contribution < 1.29 is 28.3 Å². The number of allylic oxidation sites excluding steroid dienone is 1.